The summed E-state index contributed by atoms with van der Waals surface area (Å²) in [5.74, 6) is 0.133. The van der Waals surface area contributed by atoms with Gasteiger partial charge in [0.15, 0.2) is 0 Å². The Balaban J connectivity index is 2.86. The molecule has 0 amide bonds. The Morgan fingerprint density at radius 3 is 2.48 bits per heavy atom. The van der Waals surface area contributed by atoms with Gasteiger partial charge in [-0.25, -0.2) is 0 Å². The number of carbonyl (C=O) groups excluding carboxylic acids is 2. The average Bonchev–Trinajstić information content (AvgIpc) is 2.46. The molecule has 130 valence electrons. The van der Waals surface area contributed by atoms with Crippen molar-refractivity contribution in [1.82, 2.24) is 0 Å². The van der Waals surface area contributed by atoms with Gasteiger partial charge in [0.05, 0.1) is 0 Å². The molecule has 0 aliphatic rings. The van der Waals surface area contributed by atoms with Crippen molar-refractivity contribution in [3.8, 4) is 11.5 Å². The fraction of sp³-hybridized carbons (Fsp3) is 0.400. The Morgan fingerprint density at radius 2 is 1.91 bits per heavy atom. The van der Waals surface area contributed by atoms with E-state index in [1.54, 1.807) is 22.8 Å². The summed E-state index contributed by atoms with van der Waals surface area (Å²) in [6.45, 7) is 3.92. The molecule has 0 atom stereocenters. The molecule has 0 aliphatic carbocycles. The molecule has 0 spiro atoms. The van der Waals surface area contributed by atoms with E-state index in [1.807, 2.05) is 13.8 Å². The first-order valence-corrected chi connectivity index (χ1v) is 12.3. The van der Waals surface area contributed by atoms with Crippen molar-refractivity contribution in [1.29, 1.82) is 0 Å². The number of ether oxygens (including phenoxy) is 3. The predicted octanol–water partition coefficient (Wildman–Crippen LogP) is 3.27. The first kappa shape index (κ1) is 20.1. The molecule has 0 heterocycles. The van der Waals surface area contributed by atoms with E-state index in [0.717, 1.165) is 11.3 Å². The summed E-state index contributed by atoms with van der Waals surface area (Å²) in [5, 5.41) is 0. The van der Waals surface area contributed by atoms with Crippen LogP contribution in [0.15, 0.2) is 18.2 Å². The second kappa shape index (κ2) is 10.0. The van der Waals surface area contributed by atoms with E-state index in [-0.39, 0.29) is 18.9 Å². The molecule has 1 rings (SSSR count). The number of halogens is 2. The fourth-order valence-electron chi connectivity index (χ4n) is 1.65. The molecule has 0 fully saturated rings. The fourth-order valence-corrected chi connectivity index (χ4v) is 3.44. The van der Waals surface area contributed by atoms with Crippen molar-refractivity contribution in [2.75, 3.05) is 7.11 Å². The third kappa shape index (κ3) is 7.91. The van der Waals surface area contributed by atoms with Crippen LogP contribution in [-0.2, 0) is 27.8 Å². The van der Waals surface area contributed by atoms with Gasteiger partial charge in [-0.3, -0.25) is 0 Å². The summed E-state index contributed by atoms with van der Waals surface area (Å²) in [6.07, 6.45) is 0.0436. The van der Waals surface area contributed by atoms with Crippen LogP contribution in [0.5, 0.6) is 11.5 Å². The second-order valence-corrected chi connectivity index (χ2v) is 10.5. The Morgan fingerprint density at radius 1 is 1.26 bits per heavy atom. The van der Waals surface area contributed by atoms with Crippen molar-refractivity contribution in [3.05, 3.63) is 23.8 Å². The number of aliphatic hydroxyl groups is 1. The van der Waals surface area contributed by atoms with Gasteiger partial charge in [-0.15, -0.1) is 0 Å². The minimum absolute atomic E-state index is 0.0202. The molecule has 1 aromatic carbocycles. The molecule has 1 aromatic rings. The molecule has 0 aliphatic heterocycles. The van der Waals surface area contributed by atoms with E-state index in [2.05, 4.69) is 9.47 Å². The summed E-state index contributed by atoms with van der Waals surface area (Å²) in [4.78, 5) is 22.7. The molecular weight excluding hydrogens is 432 g/mol. The second-order valence-electron chi connectivity index (χ2n) is 4.80. The Hall–Kier alpha value is -0.967. The number of hydrogen-bond acceptors (Lipinski definition) is 4. The summed E-state index contributed by atoms with van der Waals surface area (Å²) in [7, 11) is 13.1. The van der Waals surface area contributed by atoms with Crippen LogP contribution in [0.3, 0.4) is 0 Å². The molecule has 23 heavy (non-hydrogen) atoms. The summed E-state index contributed by atoms with van der Waals surface area (Å²) < 4.78 is 15.9. The van der Waals surface area contributed by atoms with Crippen molar-refractivity contribution >= 4 is 35.9 Å². The van der Waals surface area contributed by atoms with Crippen molar-refractivity contribution in [2.24, 2.45) is 0 Å². The maximum absolute atomic E-state index is 11.7. The van der Waals surface area contributed by atoms with Gasteiger partial charge in [-0.05, 0) is 0 Å². The van der Waals surface area contributed by atoms with Gasteiger partial charge in [-0.1, -0.05) is 0 Å². The van der Waals surface area contributed by atoms with Crippen LogP contribution in [-0.4, -0.2) is 34.5 Å². The molecule has 8 heteroatoms. The zero-order valence-corrected chi connectivity index (χ0v) is 16.2. The first-order valence-electron chi connectivity index (χ1n) is 6.77. The summed E-state index contributed by atoms with van der Waals surface area (Å²) in [6, 6.07) is 5.07. The predicted molar refractivity (Wildman–Crippen MR) is 87.0 cm³/mol. The number of benzene rings is 1. The zero-order valence-electron chi connectivity index (χ0n) is 13.0. The summed E-state index contributed by atoms with van der Waals surface area (Å²) >= 11 is -2.04. The van der Waals surface area contributed by atoms with E-state index >= 15 is 0 Å². The van der Waals surface area contributed by atoms with Gasteiger partial charge >= 0.3 is 148 Å². The van der Waals surface area contributed by atoms with E-state index < -0.39 is 25.5 Å². The van der Waals surface area contributed by atoms with Crippen LogP contribution in [0, 0.1) is 0 Å². The Kier molecular flexibility index (Phi) is 8.74. The normalized spacial score (nSPS) is 11.0. The number of aromatic hydroxyl groups is 1. The minimum atomic E-state index is -2.04. The molecule has 5 nitrogen and oxygen atoms in total. The molecular formula is C15H19Cl2O5Ru+. The van der Waals surface area contributed by atoms with Gasteiger partial charge in [0, 0.05) is 0 Å². The zero-order chi connectivity index (χ0) is 17.4. The van der Waals surface area contributed by atoms with Crippen LogP contribution < -0.4 is 4.74 Å². The molecule has 0 radical (unpaired) electrons. The molecule has 1 N–H and O–H groups in total. The van der Waals surface area contributed by atoms with Crippen LogP contribution in [0.1, 0.15) is 32.3 Å². The van der Waals surface area contributed by atoms with Gasteiger partial charge < -0.3 is 0 Å². The van der Waals surface area contributed by atoms with E-state index in [4.69, 9.17) is 24.1 Å². The Bertz CT molecular complexity index is 598. The SMILES string of the molecule is COC(=O)CCC(=O)Oc1ccc([OH+]C(C)C)c([CH]=[Ru]([Cl])[Cl])c1. The van der Waals surface area contributed by atoms with Gasteiger partial charge in [0.2, 0.25) is 0 Å². The third-order valence-electron chi connectivity index (χ3n) is 2.58. The number of hydrogen-bond donors (Lipinski definition) is 0. The van der Waals surface area contributed by atoms with Crippen molar-refractivity contribution in [2.45, 2.75) is 32.8 Å². The molecule has 0 bridgehead atoms. The number of carbonyl (C=O) groups is 2. The van der Waals surface area contributed by atoms with Crippen molar-refractivity contribution < 1.29 is 37.3 Å². The van der Waals surface area contributed by atoms with Crippen LogP contribution in [0.4, 0.5) is 0 Å². The topological polar surface area (TPSA) is 65.4 Å². The average molecular weight is 451 g/mol. The van der Waals surface area contributed by atoms with E-state index in [0.29, 0.717) is 5.75 Å². The summed E-state index contributed by atoms with van der Waals surface area (Å²) in [5.41, 5.74) is 0.737. The number of methoxy groups -OCH3 is 1. The molecule has 0 saturated heterocycles. The van der Waals surface area contributed by atoms with E-state index in [1.165, 1.54) is 7.11 Å². The van der Waals surface area contributed by atoms with Gasteiger partial charge in [0.1, 0.15) is 0 Å². The van der Waals surface area contributed by atoms with Crippen LogP contribution >= 0.6 is 19.4 Å². The van der Waals surface area contributed by atoms with Gasteiger partial charge in [0.25, 0.3) is 0 Å². The van der Waals surface area contributed by atoms with Crippen molar-refractivity contribution in [3.63, 3.8) is 0 Å². The third-order valence-corrected chi connectivity index (χ3v) is 4.41. The standard InChI is InChI=1S/C15H18O5.2ClH.Ru/c1-10(2)19-13-6-5-12(9-11(13)3)20-15(17)8-7-14(16)18-4;;;/h3,5-6,9-10H,7-8H2,1-2,4H3;2*1H;/q;;;+2/p-1. The van der Waals surface area contributed by atoms with Crippen LogP contribution in [0.2, 0.25) is 0 Å². The number of rotatable bonds is 7. The monoisotopic (exact) mass is 451 g/mol. The van der Waals surface area contributed by atoms with E-state index in [9.17, 15) is 9.59 Å². The molecule has 0 aromatic heterocycles. The number of esters is 2. The Labute approximate surface area is 148 Å². The molecule has 0 unspecified atom stereocenters. The quantitative estimate of drug-likeness (QED) is 0.276. The maximum atomic E-state index is 11.7. The van der Waals surface area contributed by atoms with Gasteiger partial charge in [-0.2, -0.15) is 0 Å². The molecule has 0 saturated carbocycles. The van der Waals surface area contributed by atoms with Crippen LogP contribution in [0.25, 0.3) is 0 Å². The first-order chi connectivity index (χ1) is 10.8.